The minimum Gasteiger partial charge on any atom is -0.396 e. The van der Waals surface area contributed by atoms with Crippen molar-refractivity contribution in [3.8, 4) is 0 Å². The molecular weight excluding hydrogens is 304 g/mol. The third-order valence-corrected chi connectivity index (χ3v) is 5.09. The Hall–Kier alpha value is -1.62. The van der Waals surface area contributed by atoms with Gasteiger partial charge in [0.1, 0.15) is 5.69 Å². The number of Topliss-reactive ketones (excluding diaryl/α,β-unsaturated/α-hetero) is 1. The lowest BCUT2D eigenvalue weighted by molar-refractivity contribution is 0.0893. The molecule has 2 unspecified atom stereocenters. The van der Waals surface area contributed by atoms with E-state index in [1.54, 1.807) is 0 Å². The van der Waals surface area contributed by atoms with Crippen LogP contribution in [-0.2, 0) is 0 Å². The number of aryl methyl sites for hydroxylation is 1. The van der Waals surface area contributed by atoms with E-state index in [2.05, 4.69) is 10.3 Å². The van der Waals surface area contributed by atoms with Gasteiger partial charge in [0.2, 0.25) is 0 Å². The van der Waals surface area contributed by atoms with Gasteiger partial charge in [0.15, 0.2) is 5.78 Å². The number of H-pyrrole nitrogens is 1. The van der Waals surface area contributed by atoms with Crippen molar-refractivity contribution in [1.82, 2.24) is 10.3 Å². The van der Waals surface area contributed by atoms with Gasteiger partial charge in [0.25, 0.3) is 5.91 Å². The Morgan fingerprint density at radius 2 is 1.92 bits per heavy atom. The number of hydrogen-bond donors (Lipinski definition) is 3. The number of ketones is 1. The van der Waals surface area contributed by atoms with Crippen LogP contribution in [-0.4, -0.2) is 34.4 Å². The van der Waals surface area contributed by atoms with Crippen molar-refractivity contribution < 1.29 is 14.7 Å². The number of hydrogen-bond acceptors (Lipinski definition) is 3. The SMILES string of the molecule is CC(=O)c1c(C)[nH]c(C(=O)NC2CCCCCC2CO)c1C(C)C. The lowest BCUT2D eigenvalue weighted by atomic mass is 9.93. The number of carbonyl (C=O) groups excluding carboxylic acids is 2. The van der Waals surface area contributed by atoms with Crippen molar-refractivity contribution in [3.05, 3.63) is 22.5 Å². The predicted molar refractivity (Wildman–Crippen MR) is 94.5 cm³/mol. The number of aliphatic hydroxyl groups excluding tert-OH is 1. The van der Waals surface area contributed by atoms with Crippen molar-refractivity contribution in [2.24, 2.45) is 5.92 Å². The van der Waals surface area contributed by atoms with Crippen molar-refractivity contribution in [2.45, 2.75) is 71.8 Å². The summed E-state index contributed by atoms with van der Waals surface area (Å²) in [5, 5.41) is 12.7. The minimum absolute atomic E-state index is 0.00519. The second kappa shape index (κ2) is 7.97. The number of aliphatic hydroxyl groups is 1. The molecule has 2 atom stereocenters. The molecule has 0 saturated heterocycles. The first kappa shape index (κ1) is 18.7. The highest BCUT2D eigenvalue weighted by Gasteiger charge is 2.29. The van der Waals surface area contributed by atoms with Crippen LogP contribution >= 0.6 is 0 Å². The fraction of sp³-hybridized carbons (Fsp3) is 0.684. The summed E-state index contributed by atoms with van der Waals surface area (Å²) >= 11 is 0. The van der Waals surface area contributed by atoms with E-state index in [-0.39, 0.29) is 36.2 Å². The van der Waals surface area contributed by atoms with E-state index in [1.165, 1.54) is 6.92 Å². The van der Waals surface area contributed by atoms with Crippen LogP contribution in [0.15, 0.2) is 0 Å². The van der Waals surface area contributed by atoms with Crippen molar-refractivity contribution in [1.29, 1.82) is 0 Å². The molecule has 1 aromatic rings. The van der Waals surface area contributed by atoms with Crippen LogP contribution in [0, 0.1) is 12.8 Å². The summed E-state index contributed by atoms with van der Waals surface area (Å²) in [5.41, 5.74) is 2.67. The van der Waals surface area contributed by atoms with Crippen molar-refractivity contribution >= 4 is 11.7 Å². The highest BCUT2D eigenvalue weighted by Crippen LogP contribution is 2.28. The molecule has 0 radical (unpaired) electrons. The number of aromatic nitrogens is 1. The molecule has 0 bridgehead atoms. The first-order valence-corrected chi connectivity index (χ1v) is 9.01. The number of carbonyl (C=O) groups is 2. The van der Waals surface area contributed by atoms with E-state index < -0.39 is 0 Å². The summed E-state index contributed by atoms with van der Waals surface area (Å²) < 4.78 is 0. The van der Waals surface area contributed by atoms with E-state index in [9.17, 15) is 14.7 Å². The van der Waals surface area contributed by atoms with Crippen molar-refractivity contribution in [3.63, 3.8) is 0 Å². The highest BCUT2D eigenvalue weighted by molar-refractivity contribution is 6.03. The van der Waals surface area contributed by atoms with Gasteiger partial charge in [-0.25, -0.2) is 0 Å². The summed E-state index contributed by atoms with van der Waals surface area (Å²) in [6.07, 6.45) is 5.16. The fourth-order valence-electron chi connectivity index (χ4n) is 3.89. The average Bonchev–Trinajstić information content (AvgIpc) is 2.72. The van der Waals surface area contributed by atoms with Crippen LogP contribution in [0.4, 0.5) is 0 Å². The quantitative estimate of drug-likeness (QED) is 0.570. The molecular formula is C19H30N2O3. The molecule has 1 fully saturated rings. The zero-order chi connectivity index (χ0) is 17.9. The molecule has 1 aliphatic carbocycles. The molecule has 1 heterocycles. The lowest BCUT2D eigenvalue weighted by Crippen LogP contribution is -2.41. The smallest absolute Gasteiger partial charge is 0.268 e. The maximum atomic E-state index is 12.9. The number of amides is 1. The average molecular weight is 334 g/mol. The van der Waals surface area contributed by atoms with E-state index in [0.29, 0.717) is 11.3 Å². The number of aromatic amines is 1. The van der Waals surface area contributed by atoms with Gasteiger partial charge < -0.3 is 15.4 Å². The number of rotatable bonds is 5. The standard InChI is InChI=1S/C19H30N2O3/c1-11(2)16-17(13(4)23)12(3)20-18(16)19(24)21-15-9-7-5-6-8-14(15)10-22/h11,14-15,20,22H,5-10H2,1-4H3,(H,21,24). The van der Waals surface area contributed by atoms with Gasteiger partial charge in [-0.15, -0.1) is 0 Å². The molecule has 1 amide bonds. The van der Waals surface area contributed by atoms with Crippen LogP contribution in [0.3, 0.4) is 0 Å². The minimum atomic E-state index is -0.167. The highest BCUT2D eigenvalue weighted by atomic mass is 16.3. The molecule has 1 saturated carbocycles. The van der Waals surface area contributed by atoms with Crippen LogP contribution in [0.2, 0.25) is 0 Å². The van der Waals surface area contributed by atoms with Crippen LogP contribution < -0.4 is 5.32 Å². The maximum absolute atomic E-state index is 12.9. The van der Waals surface area contributed by atoms with Gasteiger partial charge >= 0.3 is 0 Å². The van der Waals surface area contributed by atoms with Gasteiger partial charge in [-0.1, -0.05) is 33.1 Å². The Kier molecular flexibility index (Phi) is 6.21. The van der Waals surface area contributed by atoms with E-state index in [4.69, 9.17) is 0 Å². The van der Waals surface area contributed by atoms with E-state index >= 15 is 0 Å². The Balaban J connectivity index is 2.29. The van der Waals surface area contributed by atoms with Crippen LogP contribution in [0.25, 0.3) is 0 Å². The zero-order valence-corrected chi connectivity index (χ0v) is 15.2. The first-order chi connectivity index (χ1) is 11.4. The summed E-state index contributed by atoms with van der Waals surface area (Å²) in [7, 11) is 0. The summed E-state index contributed by atoms with van der Waals surface area (Å²) in [6.45, 7) is 7.46. The normalized spacial score (nSPS) is 21.6. The molecule has 134 valence electrons. The second-order valence-electron chi connectivity index (χ2n) is 7.29. The Bertz CT molecular complexity index is 604. The molecule has 0 spiro atoms. The van der Waals surface area contributed by atoms with Crippen LogP contribution in [0.1, 0.15) is 90.9 Å². The second-order valence-corrected chi connectivity index (χ2v) is 7.29. The molecule has 24 heavy (non-hydrogen) atoms. The molecule has 5 heteroatoms. The number of nitrogens with one attached hydrogen (secondary N) is 2. The molecule has 1 aromatic heterocycles. The molecule has 1 aliphatic rings. The molecule has 2 rings (SSSR count). The van der Waals surface area contributed by atoms with E-state index in [1.807, 2.05) is 20.8 Å². The van der Waals surface area contributed by atoms with Crippen LogP contribution in [0.5, 0.6) is 0 Å². The third-order valence-electron chi connectivity index (χ3n) is 5.09. The monoisotopic (exact) mass is 334 g/mol. The molecule has 0 aliphatic heterocycles. The summed E-state index contributed by atoms with van der Waals surface area (Å²) in [5.74, 6) is 0.00788. The van der Waals surface area contributed by atoms with Gasteiger partial charge in [0.05, 0.1) is 0 Å². The molecule has 5 nitrogen and oxygen atoms in total. The third kappa shape index (κ3) is 3.89. The van der Waals surface area contributed by atoms with Crippen molar-refractivity contribution in [2.75, 3.05) is 6.61 Å². The zero-order valence-electron chi connectivity index (χ0n) is 15.2. The first-order valence-electron chi connectivity index (χ1n) is 9.01. The topological polar surface area (TPSA) is 82.2 Å². The van der Waals surface area contributed by atoms with Gasteiger partial charge in [-0.05, 0) is 38.2 Å². The van der Waals surface area contributed by atoms with Gasteiger partial charge in [0, 0.05) is 29.8 Å². The Morgan fingerprint density at radius 3 is 2.50 bits per heavy atom. The Morgan fingerprint density at radius 1 is 1.25 bits per heavy atom. The predicted octanol–water partition coefficient (Wildman–Crippen LogP) is 3.32. The van der Waals surface area contributed by atoms with Gasteiger partial charge in [-0.2, -0.15) is 0 Å². The Labute approximate surface area is 144 Å². The molecule has 0 aromatic carbocycles. The molecule has 3 N–H and O–H groups in total. The largest absolute Gasteiger partial charge is 0.396 e. The lowest BCUT2D eigenvalue weighted by Gasteiger charge is -2.24. The van der Waals surface area contributed by atoms with E-state index in [0.717, 1.165) is 43.4 Å². The van der Waals surface area contributed by atoms with Gasteiger partial charge in [-0.3, -0.25) is 9.59 Å². The summed E-state index contributed by atoms with van der Waals surface area (Å²) in [6, 6.07) is -0.00519. The summed E-state index contributed by atoms with van der Waals surface area (Å²) in [4.78, 5) is 28.0. The fourth-order valence-corrected chi connectivity index (χ4v) is 3.89. The maximum Gasteiger partial charge on any atom is 0.268 e.